The third kappa shape index (κ3) is 1.17. The zero-order valence-corrected chi connectivity index (χ0v) is 8.22. The van der Waals surface area contributed by atoms with Crippen LogP contribution in [0.5, 0.6) is 0 Å². The van der Waals surface area contributed by atoms with Crippen molar-refractivity contribution in [2.24, 2.45) is 0 Å². The second kappa shape index (κ2) is 3.03. The van der Waals surface area contributed by atoms with E-state index in [2.05, 4.69) is 4.98 Å². The summed E-state index contributed by atoms with van der Waals surface area (Å²) in [5.41, 5.74) is 1.99. The number of hydrogen-bond acceptors (Lipinski definition) is 1. The van der Waals surface area contributed by atoms with E-state index in [1.165, 1.54) is 6.20 Å². The summed E-state index contributed by atoms with van der Waals surface area (Å²) >= 11 is 5.94. The van der Waals surface area contributed by atoms with E-state index in [9.17, 15) is 4.79 Å². The predicted octanol–water partition coefficient (Wildman–Crippen LogP) is 2.83. The largest absolute Gasteiger partial charge is 0.478 e. The summed E-state index contributed by atoms with van der Waals surface area (Å²) in [6.07, 6.45) is 1.46. The fourth-order valence-corrected chi connectivity index (χ4v) is 1.78. The molecule has 1 aromatic heterocycles. The van der Waals surface area contributed by atoms with Crippen LogP contribution < -0.4 is 0 Å². The molecule has 72 valence electrons. The molecule has 3 nitrogen and oxygen atoms in total. The molecule has 2 N–H and O–H groups in total. The number of rotatable bonds is 1. The van der Waals surface area contributed by atoms with Gasteiger partial charge >= 0.3 is 5.97 Å². The van der Waals surface area contributed by atoms with Crippen LogP contribution in [0.1, 0.15) is 15.9 Å². The highest BCUT2D eigenvalue weighted by atomic mass is 35.5. The number of H-pyrrole nitrogens is 1. The topological polar surface area (TPSA) is 53.1 Å². The third-order valence-corrected chi connectivity index (χ3v) is 2.54. The molecular formula is C10H8ClNO2. The minimum Gasteiger partial charge on any atom is -0.478 e. The maximum absolute atomic E-state index is 10.9. The van der Waals surface area contributed by atoms with Crippen LogP contribution in [-0.2, 0) is 0 Å². The minimum atomic E-state index is -0.969. The Bertz CT molecular complexity index is 516. The van der Waals surface area contributed by atoms with E-state index in [0.717, 1.165) is 11.1 Å². The first-order valence-corrected chi connectivity index (χ1v) is 4.48. The summed E-state index contributed by atoms with van der Waals surface area (Å²) in [6, 6.07) is 3.56. The van der Waals surface area contributed by atoms with Crippen molar-refractivity contribution in [1.82, 2.24) is 4.98 Å². The Kier molecular flexibility index (Phi) is 1.97. The molecule has 0 aliphatic carbocycles. The summed E-state index contributed by atoms with van der Waals surface area (Å²) in [7, 11) is 0. The highest BCUT2D eigenvalue weighted by Gasteiger charge is 2.14. The van der Waals surface area contributed by atoms with Crippen molar-refractivity contribution in [3.8, 4) is 0 Å². The zero-order valence-electron chi connectivity index (χ0n) is 7.47. The van der Waals surface area contributed by atoms with Crippen molar-refractivity contribution >= 4 is 28.5 Å². The second-order valence-corrected chi connectivity index (χ2v) is 3.53. The van der Waals surface area contributed by atoms with Crippen LogP contribution in [0.15, 0.2) is 18.3 Å². The average Bonchev–Trinajstić information content (AvgIpc) is 2.56. The van der Waals surface area contributed by atoms with E-state index in [1.54, 1.807) is 6.07 Å². The van der Waals surface area contributed by atoms with E-state index in [4.69, 9.17) is 16.7 Å². The highest BCUT2D eigenvalue weighted by molar-refractivity contribution is 6.36. The lowest BCUT2D eigenvalue weighted by Gasteiger charge is -1.99. The van der Waals surface area contributed by atoms with Crippen molar-refractivity contribution in [2.45, 2.75) is 6.92 Å². The van der Waals surface area contributed by atoms with Gasteiger partial charge in [-0.15, -0.1) is 0 Å². The quantitative estimate of drug-likeness (QED) is 0.759. The van der Waals surface area contributed by atoms with Crippen LogP contribution in [0.25, 0.3) is 10.9 Å². The molecule has 2 rings (SSSR count). The summed E-state index contributed by atoms with van der Waals surface area (Å²) < 4.78 is 0. The molecule has 2 aromatic rings. The Morgan fingerprint density at radius 1 is 1.50 bits per heavy atom. The lowest BCUT2D eigenvalue weighted by atomic mass is 10.1. The molecule has 0 atom stereocenters. The number of aromatic carboxylic acids is 1. The van der Waals surface area contributed by atoms with E-state index >= 15 is 0 Å². The fourth-order valence-electron chi connectivity index (χ4n) is 1.52. The Hall–Kier alpha value is -1.48. The molecule has 0 spiro atoms. The minimum absolute atomic E-state index is 0.216. The number of benzene rings is 1. The number of aromatic amines is 1. The molecule has 1 aromatic carbocycles. The summed E-state index contributed by atoms with van der Waals surface area (Å²) in [6.45, 7) is 1.90. The van der Waals surface area contributed by atoms with Crippen LogP contribution in [0, 0.1) is 6.92 Å². The van der Waals surface area contributed by atoms with Crippen molar-refractivity contribution < 1.29 is 9.90 Å². The number of carboxylic acids is 1. The van der Waals surface area contributed by atoms with Gasteiger partial charge in [0.05, 0.1) is 16.1 Å². The van der Waals surface area contributed by atoms with E-state index < -0.39 is 5.97 Å². The van der Waals surface area contributed by atoms with Crippen molar-refractivity contribution in [3.05, 3.63) is 34.5 Å². The van der Waals surface area contributed by atoms with Gasteiger partial charge in [-0.2, -0.15) is 0 Å². The van der Waals surface area contributed by atoms with Gasteiger partial charge in [0.2, 0.25) is 0 Å². The van der Waals surface area contributed by atoms with Crippen molar-refractivity contribution in [1.29, 1.82) is 0 Å². The monoisotopic (exact) mass is 209 g/mol. The molecule has 4 heteroatoms. The first kappa shape index (κ1) is 9.09. The van der Waals surface area contributed by atoms with Gasteiger partial charge in [0.15, 0.2) is 0 Å². The average molecular weight is 210 g/mol. The van der Waals surface area contributed by atoms with Gasteiger partial charge in [0.25, 0.3) is 0 Å². The lowest BCUT2D eigenvalue weighted by Crippen LogP contribution is -1.94. The third-order valence-electron chi connectivity index (χ3n) is 2.22. The summed E-state index contributed by atoms with van der Waals surface area (Å²) in [4.78, 5) is 13.8. The molecule has 0 aliphatic heterocycles. The molecular weight excluding hydrogens is 202 g/mol. The van der Waals surface area contributed by atoms with Gasteiger partial charge in [-0.3, -0.25) is 0 Å². The standard InChI is InChI=1S/C10H8ClNO2/c1-5-2-3-7(11)8-6(10(13)14)4-12-9(5)8/h2-4,12H,1H3,(H,13,14). The van der Waals surface area contributed by atoms with Gasteiger partial charge in [0.1, 0.15) is 0 Å². The maximum atomic E-state index is 10.9. The number of carboxylic acid groups (broad SMARTS) is 1. The van der Waals surface area contributed by atoms with Crippen molar-refractivity contribution in [3.63, 3.8) is 0 Å². The molecule has 0 saturated heterocycles. The Morgan fingerprint density at radius 2 is 2.21 bits per heavy atom. The number of aromatic nitrogens is 1. The van der Waals surface area contributed by atoms with Crippen LogP contribution in [0.4, 0.5) is 0 Å². The second-order valence-electron chi connectivity index (χ2n) is 3.12. The number of carbonyl (C=O) groups is 1. The molecule has 0 amide bonds. The first-order valence-electron chi connectivity index (χ1n) is 4.10. The highest BCUT2D eigenvalue weighted by Crippen LogP contribution is 2.28. The molecule has 0 aliphatic rings. The van der Waals surface area contributed by atoms with Gasteiger partial charge in [-0.25, -0.2) is 4.79 Å². The van der Waals surface area contributed by atoms with E-state index in [-0.39, 0.29) is 5.56 Å². The zero-order chi connectivity index (χ0) is 10.3. The Morgan fingerprint density at radius 3 is 2.86 bits per heavy atom. The Balaban J connectivity index is 2.90. The summed E-state index contributed by atoms with van der Waals surface area (Å²) in [5.74, 6) is -0.969. The molecule has 0 unspecified atom stereocenters. The maximum Gasteiger partial charge on any atom is 0.337 e. The number of nitrogens with one attached hydrogen (secondary N) is 1. The number of halogens is 1. The molecule has 14 heavy (non-hydrogen) atoms. The number of aryl methyl sites for hydroxylation is 1. The number of fused-ring (bicyclic) bond motifs is 1. The molecule has 1 heterocycles. The fraction of sp³-hybridized carbons (Fsp3) is 0.100. The van der Waals surface area contributed by atoms with Crippen LogP contribution in [0.2, 0.25) is 5.02 Å². The smallest absolute Gasteiger partial charge is 0.337 e. The van der Waals surface area contributed by atoms with E-state index in [1.807, 2.05) is 13.0 Å². The van der Waals surface area contributed by atoms with Crippen LogP contribution in [0.3, 0.4) is 0 Å². The molecule has 0 radical (unpaired) electrons. The summed E-state index contributed by atoms with van der Waals surface area (Å²) in [5, 5.41) is 9.95. The SMILES string of the molecule is Cc1ccc(Cl)c2c(C(=O)O)c[nH]c12. The van der Waals surface area contributed by atoms with Crippen LogP contribution >= 0.6 is 11.6 Å². The lowest BCUT2D eigenvalue weighted by molar-refractivity contribution is 0.0699. The first-order chi connectivity index (χ1) is 6.61. The molecule has 0 fully saturated rings. The predicted molar refractivity (Wildman–Crippen MR) is 55.0 cm³/mol. The van der Waals surface area contributed by atoms with Gasteiger partial charge in [-0.05, 0) is 18.6 Å². The molecule has 0 saturated carbocycles. The Labute approximate surface area is 85.3 Å². The van der Waals surface area contributed by atoms with Crippen molar-refractivity contribution in [2.75, 3.05) is 0 Å². The van der Waals surface area contributed by atoms with Gasteiger partial charge < -0.3 is 10.1 Å². The van der Waals surface area contributed by atoms with E-state index in [0.29, 0.717) is 10.4 Å². The van der Waals surface area contributed by atoms with Gasteiger partial charge in [-0.1, -0.05) is 17.7 Å². The van der Waals surface area contributed by atoms with Crippen LogP contribution in [-0.4, -0.2) is 16.1 Å². The normalized spacial score (nSPS) is 10.7. The van der Waals surface area contributed by atoms with Gasteiger partial charge in [0, 0.05) is 11.6 Å². The molecule has 0 bridgehead atoms. The number of hydrogen-bond donors (Lipinski definition) is 2.